The zero-order valence-corrected chi connectivity index (χ0v) is 10.3. The fourth-order valence-electron chi connectivity index (χ4n) is 1.96. The third kappa shape index (κ3) is 3.37. The SMILES string of the molecule is CCC(CCC(C)=O)c1ccccc1OC. The molecule has 0 N–H and O–H groups in total. The van der Waals surface area contributed by atoms with Gasteiger partial charge in [-0.2, -0.15) is 0 Å². The van der Waals surface area contributed by atoms with E-state index in [1.165, 1.54) is 5.56 Å². The molecule has 0 fully saturated rings. The lowest BCUT2D eigenvalue weighted by molar-refractivity contribution is -0.117. The molecule has 0 aromatic heterocycles. The van der Waals surface area contributed by atoms with Crippen molar-refractivity contribution in [3.05, 3.63) is 29.8 Å². The van der Waals surface area contributed by atoms with Crippen LogP contribution in [0.2, 0.25) is 0 Å². The fourth-order valence-corrected chi connectivity index (χ4v) is 1.96. The Morgan fingerprint density at radius 2 is 2.06 bits per heavy atom. The van der Waals surface area contributed by atoms with E-state index in [-0.39, 0.29) is 5.78 Å². The van der Waals surface area contributed by atoms with Crippen LogP contribution in [0.5, 0.6) is 5.75 Å². The first kappa shape index (κ1) is 12.8. The Kier molecular flexibility index (Phi) is 5.03. The predicted molar refractivity (Wildman–Crippen MR) is 65.9 cm³/mol. The number of rotatable bonds is 6. The molecule has 0 aliphatic carbocycles. The molecule has 2 heteroatoms. The zero-order valence-electron chi connectivity index (χ0n) is 10.3. The van der Waals surface area contributed by atoms with E-state index >= 15 is 0 Å². The molecule has 1 atom stereocenters. The molecule has 2 nitrogen and oxygen atoms in total. The summed E-state index contributed by atoms with van der Waals surface area (Å²) >= 11 is 0. The van der Waals surface area contributed by atoms with Gasteiger partial charge in [0.25, 0.3) is 0 Å². The van der Waals surface area contributed by atoms with Gasteiger partial charge in [0.05, 0.1) is 7.11 Å². The highest BCUT2D eigenvalue weighted by molar-refractivity contribution is 5.75. The Morgan fingerprint density at radius 3 is 2.62 bits per heavy atom. The predicted octanol–water partition coefficient (Wildman–Crippen LogP) is 3.56. The van der Waals surface area contributed by atoms with Gasteiger partial charge in [0, 0.05) is 6.42 Å². The van der Waals surface area contributed by atoms with Crippen LogP contribution in [-0.2, 0) is 4.79 Å². The highest BCUT2D eigenvalue weighted by Crippen LogP contribution is 2.31. The Labute approximate surface area is 97.6 Å². The van der Waals surface area contributed by atoms with E-state index in [1.807, 2.05) is 18.2 Å². The van der Waals surface area contributed by atoms with Crippen LogP contribution in [0.1, 0.15) is 44.6 Å². The van der Waals surface area contributed by atoms with Crippen LogP contribution in [0, 0.1) is 0 Å². The summed E-state index contributed by atoms with van der Waals surface area (Å²) in [5, 5.41) is 0. The standard InChI is InChI=1S/C14H20O2/c1-4-12(10-9-11(2)15)13-7-5-6-8-14(13)16-3/h5-8,12H,4,9-10H2,1-3H3. The van der Waals surface area contributed by atoms with Gasteiger partial charge in [-0.05, 0) is 37.3 Å². The van der Waals surface area contributed by atoms with Gasteiger partial charge < -0.3 is 9.53 Å². The zero-order chi connectivity index (χ0) is 12.0. The molecule has 1 unspecified atom stereocenters. The number of Topliss-reactive ketones (excluding diaryl/α,β-unsaturated/α-hetero) is 1. The first-order valence-corrected chi connectivity index (χ1v) is 5.81. The molecule has 16 heavy (non-hydrogen) atoms. The van der Waals surface area contributed by atoms with E-state index < -0.39 is 0 Å². The van der Waals surface area contributed by atoms with Gasteiger partial charge in [-0.25, -0.2) is 0 Å². The first-order chi connectivity index (χ1) is 7.69. The molecular formula is C14H20O2. The second-order valence-corrected chi connectivity index (χ2v) is 4.09. The molecular weight excluding hydrogens is 200 g/mol. The van der Waals surface area contributed by atoms with Crippen LogP contribution >= 0.6 is 0 Å². The molecule has 88 valence electrons. The fraction of sp³-hybridized carbons (Fsp3) is 0.500. The largest absolute Gasteiger partial charge is 0.496 e. The number of benzene rings is 1. The summed E-state index contributed by atoms with van der Waals surface area (Å²) in [6, 6.07) is 8.06. The maximum absolute atomic E-state index is 11.0. The maximum atomic E-state index is 11.0. The first-order valence-electron chi connectivity index (χ1n) is 5.81. The summed E-state index contributed by atoms with van der Waals surface area (Å²) in [4.78, 5) is 11.0. The number of para-hydroxylation sites is 1. The Hall–Kier alpha value is -1.31. The minimum absolute atomic E-state index is 0.258. The second-order valence-electron chi connectivity index (χ2n) is 4.09. The Bertz CT molecular complexity index is 344. The monoisotopic (exact) mass is 220 g/mol. The maximum Gasteiger partial charge on any atom is 0.129 e. The molecule has 1 aromatic rings. The number of hydrogen-bond donors (Lipinski definition) is 0. The molecule has 0 saturated heterocycles. The number of hydrogen-bond acceptors (Lipinski definition) is 2. The summed E-state index contributed by atoms with van der Waals surface area (Å²) in [6.45, 7) is 3.80. The van der Waals surface area contributed by atoms with Gasteiger partial charge in [-0.15, -0.1) is 0 Å². The summed E-state index contributed by atoms with van der Waals surface area (Å²) in [6.07, 6.45) is 2.59. The number of carbonyl (C=O) groups is 1. The van der Waals surface area contributed by atoms with Gasteiger partial charge in [-0.3, -0.25) is 0 Å². The Morgan fingerprint density at radius 1 is 1.38 bits per heavy atom. The molecule has 0 amide bonds. The molecule has 0 heterocycles. The normalized spacial score (nSPS) is 12.2. The lowest BCUT2D eigenvalue weighted by Crippen LogP contribution is -2.03. The van der Waals surface area contributed by atoms with E-state index in [1.54, 1.807) is 14.0 Å². The summed E-state index contributed by atoms with van der Waals surface area (Å²) in [5.74, 6) is 1.60. The summed E-state index contributed by atoms with van der Waals surface area (Å²) < 4.78 is 5.35. The van der Waals surface area contributed by atoms with Crippen molar-refractivity contribution in [3.8, 4) is 5.75 Å². The van der Waals surface area contributed by atoms with Crippen molar-refractivity contribution in [1.82, 2.24) is 0 Å². The van der Waals surface area contributed by atoms with Gasteiger partial charge >= 0.3 is 0 Å². The topological polar surface area (TPSA) is 26.3 Å². The van der Waals surface area contributed by atoms with Crippen molar-refractivity contribution in [3.63, 3.8) is 0 Å². The van der Waals surface area contributed by atoms with Gasteiger partial charge in [0.1, 0.15) is 11.5 Å². The third-order valence-corrected chi connectivity index (χ3v) is 2.92. The van der Waals surface area contributed by atoms with E-state index in [0.717, 1.165) is 18.6 Å². The molecule has 0 aliphatic heterocycles. The van der Waals surface area contributed by atoms with Crippen molar-refractivity contribution in [2.45, 2.75) is 39.0 Å². The summed E-state index contributed by atoms with van der Waals surface area (Å²) in [7, 11) is 1.69. The molecule has 0 bridgehead atoms. The molecule has 1 aromatic carbocycles. The highest BCUT2D eigenvalue weighted by Gasteiger charge is 2.14. The van der Waals surface area contributed by atoms with Crippen molar-refractivity contribution >= 4 is 5.78 Å². The number of carbonyl (C=O) groups excluding carboxylic acids is 1. The van der Waals surface area contributed by atoms with Crippen LogP contribution in [0.4, 0.5) is 0 Å². The number of methoxy groups -OCH3 is 1. The van der Waals surface area contributed by atoms with Crippen molar-refractivity contribution in [2.24, 2.45) is 0 Å². The van der Waals surface area contributed by atoms with E-state index in [2.05, 4.69) is 13.0 Å². The Balaban J connectivity index is 2.81. The molecule has 1 rings (SSSR count). The minimum atomic E-state index is 0.258. The van der Waals surface area contributed by atoms with E-state index in [9.17, 15) is 4.79 Å². The molecule has 0 spiro atoms. The van der Waals surface area contributed by atoms with E-state index in [0.29, 0.717) is 12.3 Å². The highest BCUT2D eigenvalue weighted by atomic mass is 16.5. The minimum Gasteiger partial charge on any atom is -0.496 e. The molecule has 0 radical (unpaired) electrons. The van der Waals surface area contributed by atoms with Gasteiger partial charge in [0.2, 0.25) is 0 Å². The molecule has 0 saturated carbocycles. The number of ketones is 1. The van der Waals surface area contributed by atoms with Crippen LogP contribution in [0.15, 0.2) is 24.3 Å². The number of ether oxygens (including phenoxy) is 1. The van der Waals surface area contributed by atoms with Crippen LogP contribution in [0.3, 0.4) is 0 Å². The third-order valence-electron chi connectivity index (χ3n) is 2.92. The van der Waals surface area contributed by atoms with Crippen LogP contribution in [0.25, 0.3) is 0 Å². The van der Waals surface area contributed by atoms with Gasteiger partial charge in [-0.1, -0.05) is 25.1 Å². The average Bonchev–Trinajstić information content (AvgIpc) is 2.30. The van der Waals surface area contributed by atoms with Gasteiger partial charge in [0.15, 0.2) is 0 Å². The van der Waals surface area contributed by atoms with E-state index in [4.69, 9.17) is 4.74 Å². The summed E-state index contributed by atoms with van der Waals surface area (Å²) in [5.41, 5.74) is 1.22. The quantitative estimate of drug-likeness (QED) is 0.732. The lowest BCUT2D eigenvalue weighted by atomic mass is 9.90. The van der Waals surface area contributed by atoms with Crippen LogP contribution in [-0.4, -0.2) is 12.9 Å². The second kappa shape index (κ2) is 6.31. The average molecular weight is 220 g/mol. The van der Waals surface area contributed by atoms with Crippen molar-refractivity contribution < 1.29 is 9.53 Å². The van der Waals surface area contributed by atoms with Crippen LogP contribution < -0.4 is 4.74 Å². The smallest absolute Gasteiger partial charge is 0.129 e. The van der Waals surface area contributed by atoms with Crippen molar-refractivity contribution in [1.29, 1.82) is 0 Å². The lowest BCUT2D eigenvalue weighted by Gasteiger charge is -2.17. The van der Waals surface area contributed by atoms with Crippen molar-refractivity contribution in [2.75, 3.05) is 7.11 Å². The molecule has 0 aliphatic rings.